The second kappa shape index (κ2) is 6.11. The number of halogens is 1. The minimum absolute atomic E-state index is 0.253. The molecule has 2 rings (SSSR count). The monoisotopic (exact) mass is 284 g/mol. The summed E-state index contributed by atoms with van der Waals surface area (Å²) in [7, 11) is 1.40. The predicted octanol–water partition coefficient (Wildman–Crippen LogP) is 2.00. The van der Waals surface area contributed by atoms with E-state index in [1.165, 1.54) is 7.11 Å². The number of hydrogen-bond donors (Lipinski definition) is 1. The van der Waals surface area contributed by atoms with E-state index in [2.05, 4.69) is 10.3 Å². The number of carbonyl (C=O) groups excluding carboxylic acids is 1. The van der Waals surface area contributed by atoms with Gasteiger partial charge in [0, 0.05) is 29.9 Å². The SMILES string of the molecule is COC(=O)C1=C(NCc2ccc(Cl)nc2)CSC1. The lowest BCUT2D eigenvalue weighted by Gasteiger charge is -2.08. The summed E-state index contributed by atoms with van der Waals surface area (Å²) < 4.78 is 4.75. The Bertz CT molecular complexity index is 473. The van der Waals surface area contributed by atoms with Crippen molar-refractivity contribution in [2.45, 2.75) is 6.54 Å². The zero-order valence-electron chi connectivity index (χ0n) is 9.90. The first kappa shape index (κ1) is 13.2. The number of hydrogen-bond acceptors (Lipinski definition) is 5. The van der Waals surface area contributed by atoms with Gasteiger partial charge in [-0.25, -0.2) is 9.78 Å². The van der Waals surface area contributed by atoms with Crippen molar-refractivity contribution in [1.82, 2.24) is 10.3 Å². The van der Waals surface area contributed by atoms with Gasteiger partial charge in [0.15, 0.2) is 0 Å². The standard InChI is InChI=1S/C12H13ClN2O2S/c1-17-12(16)9-6-18-7-10(9)14-4-8-2-3-11(13)15-5-8/h2-3,5,14H,4,6-7H2,1H3. The van der Waals surface area contributed by atoms with Crippen molar-refractivity contribution in [3.05, 3.63) is 40.3 Å². The Hall–Kier alpha value is -1.20. The summed E-state index contributed by atoms with van der Waals surface area (Å²) in [6.07, 6.45) is 1.72. The molecule has 2 heterocycles. The van der Waals surface area contributed by atoms with Crippen molar-refractivity contribution in [3.63, 3.8) is 0 Å². The highest BCUT2D eigenvalue weighted by Crippen LogP contribution is 2.23. The van der Waals surface area contributed by atoms with Gasteiger partial charge in [0.2, 0.25) is 0 Å². The molecule has 0 bridgehead atoms. The van der Waals surface area contributed by atoms with Gasteiger partial charge in [-0.2, -0.15) is 11.8 Å². The molecule has 6 heteroatoms. The number of carbonyl (C=O) groups is 1. The van der Waals surface area contributed by atoms with Gasteiger partial charge in [-0.15, -0.1) is 0 Å². The van der Waals surface area contributed by atoms with Crippen LogP contribution in [0.1, 0.15) is 5.56 Å². The molecule has 1 aliphatic rings. The lowest BCUT2D eigenvalue weighted by atomic mass is 10.2. The smallest absolute Gasteiger partial charge is 0.336 e. The van der Waals surface area contributed by atoms with Crippen LogP contribution in [0.4, 0.5) is 0 Å². The summed E-state index contributed by atoms with van der Waals surface area (Å²) in [5.74, 6) is 1.26. The molecule has 0 radical (unpaired) electrons. The topological polar surface area (TPSA) is 51.2 Å². The van der Waals surface area contributed by atoms with Crippen LogP contribution in [0.2, 0.25) is 5.15 Å². The number of pyridine rings is 1. The van der Waals surface area contributed by atoms with E-state index in [-0.39, 0.29) is 5.97 Å². The maximum Gasteiger partial charge on any atom is 0.336 e. The summed E-state index contributed by atoms with van der Waals surface area (Å²) in [5.41, 5.74) is 2.69. The Labute approximate surface area is 115 Å². The van der Waals surface area contributed by atoms with Crippen molar-refractivity contribution < 1.29 is 9.53 Å². The highest BCUT2D eigenvalue weighted by molar-refractivity contribution is 7.99. The number of esters is 1. The van der Waals surface area contributed by atoms with Gasteiger partial charge in [0.05, 0.1) is 12.7 Å². The second-order valence-corrected chi connectivity index (χ2v) is 5.16. The molecule has 18 heavy (non-hydrogen) atoms. The van der Waals surface area contributed by atoms with Crippen LogP contribution in [0, 0.1) is 0 Å². The largest absolute Gasteiger partial charge is 0.466 e. The fraction of sp³-hybridized carbons (Fsp3) is 0.333. The highest BCUT2D eigenvalue weighted by Gasteiger charge is 2.21. The quantitative estimate of drug-likeness (QED) is 0.677. The molecule has 0 aliphatic carbocycles. The van der Waals surface area contributed by atoms with E-state index in [1.54, 1.807) is 24.0 Å². The highest BCUT2D eigenvalue weighted by atomic mass is 35.5. The van der Waals surface area contributed by atoms with Crippen LogP contribution in [0.25, 0.3) is 0 Å². The Kier molecular flexibility index (Phi) is 4.49. The van der Waals surface area contributed by atoms with E-state index < -0.39 is 0 Å². The number of thioether (sulfide) groups is 1. The lowest BCUT2D eigenvalue weighted by molar-refractivity contribution is -0.136. The molecule has 0 atom stereocenters. The number of nitrogens with one attached hydrogen (secondary N) is 1. The van der Waals surface area contributed by atoms with Crippen LogP contribution in [0.15, 0.2) is 29.6 Å². The molecule has 0 saturated carbocycles. The molecule has 1 aliphatic heterocycles. The van der Waals surface area contributed by atoms with Gasteiger partial charge < -0.3 is 10.1 Å². The van der Waals surface area contributed by atoms with Crippen molar-refractivity contribution in [3.8, 4) is 0 Å². The van der Waals surface area contributed by atoms with Gasteiger partial charge in [-0.05, 0) is 11.6 Å². The number of methoxy groups -OCH3 is 1. The molecule has 0 saturated heterocycles. The Morgan fingerprint density at radius 2 is 2.39 bits per heavy atom. The Balaban J connectivity index is 2.00. The van der Waals surface area contributed by atoms with Gasteiger partial charge in [0.25, 0.3) is 0 Å². The van der Waals surface area contributed by atoms with Crippen LogP contribution in [0.5, 0.6) is 0 Å². The summed E-state index contributed by atoms with van der Waals surface area (Å²) >= 11 is 7.41. The van der Waals surface area contributed by atoms with Crippen LogP contribution in [-0.4, -0.2) is 29.6 Å². The minimum atomic E-state index is -0.253. The number of ether oxygens (including phenoxy) is 1. The average molecular weight is 285 g/mol. The maximum absolute atomic E-state index is 11.5. The lowest BCUT2D eigenvalue weighted by Crippen LogP contribution is -2.18. The fourth-order valence-corrected chi connectivity index (χ4v) is 2.80. The van der Waals surface area contributed by atoms with Crippen LogP contribution in [-0.2, 0) is 16.1 Å². The van der Waals surface area contributed by atoms with Gasteiger partial charge in [-0.1, -0.05) is 17.7 Å². The van der Waals surface area contributed by atoms with E-state index >= 15 is 0 Å². The summed E-state index contributed by atoms with van der Waals surface area (Å²) in [5, 5.41) is 3.73. The zero-order chi connectivity index (χ0) is 13.0. The number of nitrogens with zero attached hydrogens (tertiary/aromatic N) is 1. The molecule has 0 spiro atoms. The van der Waals surface area contributed by atoms with E-state index in [1.807, 2.05) is 6.07 Å². The maximum atomic E-state index is 11.5. The molecule has 1 aromatic heterocycles. The first-order chi connectivity index (χ1) is 8.70. The normalized spacial score (nSPS) is 14.8. The van der Waals surface area contributed by atoms with E-state index in [4.69, 9.17) is 16.3 Å². The first-order valence-electron chi connectivity index (χ1n) is 5.43. The third-order valence-electron chi connectivity index (χ3n) is 2.58. The molecule has 1 N–H and O–H groups in total. The van der Waals surface area contributed by atoms with Gasteiger partial charge in [-0.3, -0.25) is 0 Å². The molecular weight excluding hydrogens is 272 g/mol. The van der Waals surface area contributed by atoms with Crippen LogP contribution < -0.4 is 5.32 Å². The number of aromatic nitrogens is 1. The molecule has 0 amide bonds. The van der Waals surface area contributed by atoms with Crippen molar-refractivity contribution in [1.29, 1.82) is 0 Å². The van der Waals surface area contributed by atoms with Crippen molar-refractivity contribution in [2.24, 2.45) is 0 Å². The Morgan fingerprint density at radius 3 is 3.06 bits per heavy atom. The summed E-state index contributed by atoms with van der Waals surface area (Å²) in [6, 6.07) is 3.65. The third-order valence-corrected chi connectivity index (χ3v) is 3.79. The molecule has 96 valence electrons. The molecule has 4 nitrogen and oxygen atoms in total. The summed E-state index contributed by atoms with van der Waals surface area (Å²) in [6.45, 7) is 0.626. The van der Waals surface area contributed by atoms with Crippen LogP contribution >= 0.6 is 23.4 Å². The Morgan fingerprint density at radius 1 is 1.56 bits per heavy atom. The van der Waals surface area contributed by atoms with E-state index in [9.17, 15) is 4.79 Å². The van der Waals surface area contributed by atoms with Gasteiger partial charge >= 0.3 is 5.97 Å². The van der Waals surface area contributed by atoms with Gasteiger partial charge in [0.1, 0.15) is 5.15 Å². The van der Waals surface area contributed by atoms with Crippen molar-refractivity contribution in [2.75, 3.05) is 18.6 Å². The minimum Gasteiger partial charge on any atom is -0.466 e. The molecular formula is C12H13ClN2O2S. The second-order valence-electron chi connectivity index (χ2n) is 3.78. The fourth-order valence-electron chi connectivity index (χ4n) is 1.61. The van der Waals surface area contributed by atoms with Crippen LogP contribution in [0.3, 0.4) is 0 Å². The molecule has 1 aromatic rings. The van der Waals surface area contributed by atoms with E-state index in [0.29, 0.717) is 17.5 Å². The molecule has 0 aromatic carbocycles. The summed E-state index contributed by atoms with van der Waals surface area (Å²) in [4.78, 5) is 15.5. The van der Waals surface area contributed by atoms with Crippen molar-refractivity contribution >= 4 is 29.3 Å². The molecule has 0 fully saturated rings. The first-order valence-corrected chi connectivity index (χ1v) is 6.96. The predicted molar refractivity (Wildman–Crippen MR) is 72.5 cm³/mol. The average Bonchev–Trinajstić information content (AvgIpc) is 2.85. The van der Waals surface area contributed by atoms with E-state index in [0.717, 1.165) is 22.6 Å². The third kappa shape index (κ3) is 3.17. The molecule has 0 unspecified atom stereocenters. The number of rotatable bonds is 4. The zero-order valence-corrected chi connectivity index (χ0v) is 11.5.